The third-order valence-electron chi connectivity index (χ3n) is 6.60. The van der Waals surface area contributed by atoms with E-state index in [2.05, 4.69) is 25.8 Å². The maximum absolute atomic E-state index is 13.4. The molecule has 0 amide bonds. The lowest BCUT2D eigenvalue weighted by atomic mass is 9.75. The van der Waals surface area contributed by atoms with Gasteiger partial charge < -0.3 is 9.47 Å². The number of carbonyl (C=O) groups is 1. The van der Waals surface area contributed by atoms with Crippen LogP contribution >= 0.6 is 0 Å². The van der Waals surface area contributed by atoms with Gasteiger partial charge in [0.05, 0.1) is 17.8 Å². The van der Waals surface area contributed by atoms with Crippen LogP contribution in [0.25, 0.3) is 10.9 Å². The summed E-state index contributed by atoms with van der Waals surface area (Å²) >= 11 is 0. The van der Waals surface area contributed by atoms with Crippen LogP contribution in [0.2, 0.25) is 0 Å². The summed E-state index contributed by atoms with van der Waals surface area (Å²) in [6, 6.07) is 21.6. The zero-order chi connectivity index (χ0) is 22.5. The number of esters is 1. The first-order valence-corrected chi connectivity index (χ1v) is 11.7. The van der Waals surface area contributed by atoms with Gasteiger partial charge in [-0.2, -0.15) is 0 Å². The molecule has 4 rings (SSSR count). The predicted octanol–water partition coefficient (Wildman–Crippen LogP) is 6.50. The number of para-hydroxylation sites is 1. The number of hydrogen-bond acceptors (Lipinski definition) is 4. The zero-order valence-corrected chi connectivity index (χ0v) is 19.2. The van der Waals surface area contributed by atoms with Crippen LogP contribution in [0, 0.1) is 17.8 Å². The second-order valence-corrected chi connectivity index (χ2v) is 9.40. The molecule has 0 spiro atoms. The van der Waals surface area contributed by atoms with Gasteiger partial charge in [0, 0.05) is 5.39 Å². The molecule has 1 aromatic heterocycles. The molecule has 4 nitrogen and oxygen atoms in total. The molecule has 2 aromatic carbocycles. The van der Waals surface area contributed by atoms with E-state index < -0.39 is 6.10 Å². The van der Waals surface area contributed by atoms with E-state index in [1.54, 1.807) is 0 Å². The second-order valence-electron chi connectivity index (χ2n) is 9.40. The van der Waals surface area contributed by atoms with Crippen molar-refractivity contribution >= 4 is 16.9 Å². The van der Waals surface area contributed by atoms with Crippen LogP contribution in [0.4, 0.5) is 0 Å². The molecule has 1 saturated carbocycles. The van der Waals surface area contributed by atoms with E-state index in [0.717, 1.165) is 35.0 Å². The topological polar surface area (TPSA) is 48.4 Å². The minimum absolute atomic E-state index is 0.0557. The van der Waals surface area contributed by atoms with Crippen molar-refractivity contribution < 1.29 is 14.3 Å². The molecule has 32 heavy (non-hydrogen) atoms. The average Bonchev–Trinajstić information content (AvgIpc) is 2.79. The lowest BCUT2D eigenvalue weighted by Crippen LogP contribution is -2.37. The quantitative estimate of drug-likeness (QED) is 0.401. The Morgan fingerprint density at radius 2 is 1.75 bits per heavy atom. The summed E-state index contributed by atoms with van der Waals surface area (Å²) in [4.78, 5) is 18.0. The van der Waals surface area contributed by atoms with Gasteiger partial charge in [-0.05, 0) is 48.3 Å². The van der Waals surface area contributed by atoms with E-state index in [1.807, 2.05) is 66.7 Å². The number of nitrogens with zero attached hydrogens (tertiary/aromatic N) is 1. The number of hydrogen-bond donors (Lipinski definition) is 0. The maximum atomic E-state index is 13.4. The molecule has 3 aromatic rings. The van der Waals surface area contributed by atoms with E-state index in [4.69, 9.17) is 9.47 Å². The lowest BCUT2D eigenvalue weighted by molar-refractivity contribution is -0.171. The molecule has 0 saturated heterocycles. The standard InChI is InChI=1S/C28H33NO3/c1-19(2)24-16-13-20(3)17-26(24)32-28(30)27(22-10-5-4-6-11-22)31-18-23-15-14-21-9-7-8-12-25(21)29-23/h4-12,14-15,19-20,24,26-27H,13,16-18H2,1-3H3. The Kier molecular flexibility index (Phi) is 7.21. The molecule has 1 heterocycles. The molecule has 1 fully saturated rings. The summed E-state index contributed by atoms with van der Waals surface area (Å²) < 4.78 is 12.3. The van der Waals surface area contributed by atoms with Gasteiger partial charge in [-0.15, -0.1) is 0 Å². The predicted molar refractivity (Wildman–Crippen MR) is 127 cm³/mol. The summed E-state index contributed by atoms with van der Waals surface area (Å²) in [5.74, 6) is 1.15. The van der Waals surface area contributed by atoms with Crippen molar-refractivity contribution in [1.82, 2.24) is 4.98 Å². The van der Waals surface area contributed by atoms with Crippen molar-refractivity contribution in [3.8, 4) is 0 Å². The van der Waals surface area contributed by atoms with Crippen molar-refractivity contribution in [1.29, 1.82) is 0 Å². The number of fused-ring (bicyclic) bond motifs is 1. The number of ether oxygens (including phenoxy) is 2. The summed E-state index contributed by atoms with van der Waals surface area (Å²) in [6.45, 7) is 6.93. The van der Waals surface area contributed by atoms with Gasteiger partial charge in [0.2, 0.25) is 0 Å². The fourth-order valence-corrected chi connectivity index (χ4v) is 4.75. The zero-order valence-electron chi connectivity index (χ0n) is 19.2. The van der Waals surface area contributed by atoms with E-state index in [-0.39, 0.29) is 18.7 Å². The first-order valence-electron chi connectivity index (χ1n) is 11.7. The Hall–Kier alpha value is -2.72. The molecule has 0 N–H and O–H groups in total. The lowest BCUT2D eigenvalue weighted by Gasteiger charge is -2.37. The summed E-state index contributed by atoms with van der Waals surface area (Å²) in [5.41, 5.74) is 2.52. The molecule has 0 radical (unpaired) electrons. The fraction of sp³-hybridized carbons (Fsp3) is 0.429. The van der Waals surface area contributed by atoms with Gasteiger partial charge in [-0.3, -0.25) is 4.98 Å². The highest BCUT2D eigenvalue weighted by molar-refractivity contribution is 5.78. The molecule has 4 atom stereocenters. The van der Waals surface area contributed by atoms with Gasteiger partial charge >= 0.3 is 5.97 Å². The number of pyridine rings is 1. The second kappa shape index (κ2) is 10.3. The monoisotopic (exact) mass is 431 g/mol. The molecule has 4 heteroatoms. The molecule has 168 valence electrons. The Balaban J connectivity index is 1.51. The van der Waals surface area contributed by atoms with Crippen LogP contribution in [0.1, 0.15) is 57.4 Å². The minimum atomic E-state index is -0.769. The molecular weight excluding hydrogens is 398 g/mol. The van der Waals surface area contributed by atoms with Crippen molar-refractivity contribution in [2.45, 2.75) is 58.8 Å². The number of benzene rings is 2. The van der Waals surface area contributed by atoms with E-state index in [1.165, 1.54) is 6.42 Å². The fourth-order valence-electron chi connectivity index (χ4n) is 4.75. The number of rotatable bonds is 7. The van der Waals surface area contributed by atoms with Crippen LogP contribution < -0.4 is 0 Å². The van der Waals surface area contributed by atoms with Gasteiger partial charge in [0.15, 0.2) is 6.10 Å². The highest BCUT2D eigenvalue weighted by Crippen LogP contribution is 2.36. The number of carbonyl (C=O) groups excluding carboxylic acids is 1. The summed E-state index contributed by atoms with van der Waals surface area (Å²) in [7, 11) is 0. The average molecular weight is 432 g/mol. The minimum Gasteiger partial charge on any atom is -0.460 e. The normalized spacial score (nSPS) is 22.1. The third kappa shape index (κ3) is 5.36. The maximum Gasteiger partial charge on any atom is 0.340 e. The molecule has 1 aliphatic carbocycles. The van der Waals surface area contributed by atoms with Crippen LogP contribution in [0.3, 0.4) is 0 Å². The van der Waals surface area contributed by atoms with Crippen LogP contribution in [-0.2, 0) is 20.9 Å². The van der Waals surface area contributed by atoms with Crippen LogP contribution in [0.5, 0.6) is 0 Å². The van der Waals surface area contributed by atoms with Crippen LogP contribution in [0.15, 0.2) is 66.7 Å². The Morgan fingerprint density at radius 3 is 2.53 bits per heavy atom. The van der Waals surface area contributed by atoms with Gasteiger partial charge in [0.25, 0.3) is 0 Å². The first kappa shape index (κ1) is 22.5. The van der Waals surface area contributed by atoms with Crippen LogP contribution in [-0.4, -0.2) is 17.1 Å². The molecular formula is C28H33NO3. The van der Waals surface area contributed by atoms with E-state index >= 15 is 0 Å². The van der Waals surface area contributed by atoms with Crippen molar-refractivity contribution in [2.24, 2.45) is 17.8 Å². The van der Waals surface area contributed by atoms with Crippen molar-refractivity contribution in [3.63, 3.8) is 0 Å². The Bertz CT molecular complexity index is 1030. The smallest absolute Gasteiger partial charge is 0.340 e. The highest BCUT2D eigenvalue weighted by Gasteiger charge is 2.35. The van der Waals surface area contributed by atoms with Crippen molar-refractivity contribution in [3.05, 3.63) is 78.0 Å². The largest absolute Gasteiger partial charge is 0.460 e. The summed E-state index contributed by atoms with van der Waals surface area (Å²) in [6.07, 6.45) is 2.40. The highest BCUT2D eigenvalue weighted by atomic mass is 16.6. The molecule has 0 bridgehead atoms. The van der Waals surface area contributed by atoms with E-state index in [0.29, 0.717) is 17.8 Å². The van der Waals surface area contributed by atoms with Crippen molar-refractivity contribution in [2.75, 3.05) is 0 Å². The van der Waals surface area contributed by atoms with E-state index in [9.17, 15) is 4.79 Å². The van der Waals surface area contributed by atoms with Gasteiger partial charge in [0.1, 0.15) is 6.10 Å². The Labute approximate surface area is 191 Å². The third-order valence-corrected chi connectivity index (χ3v) is 6.60. The Morgan fingerprint density at radius 1 is 1.00 bits per heavy atom. The molecule has 4 unspecified atom stereocenters. The first-order chi connectivity index (χ1) is 15.5. The van der Waals surface area contributed by atoms with Gasteiger partial charge in [-0.25, -0.2) is 4.79 Å². The summed E-state index contributed by atoms with van der Waals surface area (Å²) in [5, 5.41) is 1.08. The number of aromatic nitrogens is 1. The van der Waals surface area contributed by atoms with Gasteiger partial charge in [-0.1, -0.05) is 81.8 Å². The molecule has 0 aliphatic heterocycles. The molecule has 1 aliphatic rings. The SMILES string of the molecule is CC1CCC(C(C)C)C(OC(=O)C(OCc2ccc3ccccc3n2)c2ccccc2)C1.